The summed E-state index contributed by atoms with van der Waals surface area (Å²) >= 11 is 0. The smallest absolute Gasteiger partial charge is 0.165 e. The lowest BCUT2D eigenvalue weighted by Gasteiger charge is -2.21. The van der Waals surface area contributed by atoms with E-state index in [-0.39, 0.29) is 0 Å². The number of nitrogens with one attached hydrogen (secondary N) is 2. The Morgan fingerprint density at radius 3 is 2.81 bits per heavy atom. The molecule has 0 saturated heterocycles. The second kappa shape index (κ2) is 5.62. The minimum atomic E-state index is -0.472. The molecule has 0 fully saturated rings. The van der Waals surface area contributed by atoms with Gasteiger partial charge < -0.3 is 9.64 Å². The van der Waals surface area contributed by atoms with Crippen LogP contribution in [0.2, 0.25) is 0 Å². The summed E-state index contributed by atoms with van der Waals surface area (Å²) in [5.41, 5.74) is 3.23. The van der Waals surface area contributed by atoms with E-state index in [9.17, 15) is 0 Å². The summed E-state index contributed by atoms with van der Waals surface area (Å²) in [6.07, 6.45) is 3.51. The molecule has 1 aliphatic heterocycles. The van der Waals surface area contributed by atoms with Gasteiger partial charge >= 0.3 is 0 Å². The highest BCUT2D eigenvalue weighted by Crippen LogP contribution is 2.41. The first-order valence-corrected chi connectivity index (χ1v) is 8.76. The van der Waals surface area contributed by atoms with Crippen LogP contribution >= 0.6 is 0 Å². The van der Waals surface area contributed by atoms with Crippen molar-refractivity contribution in [2.75, 3.05) is 11.9 Å². The maximum absolute atomic E-state index is 6.00. The van der Waals surface area contributed by atoms with E-state index in [0.29, 0.717) is 12.4 Å². The summed E-state index contributed by atoms with van der Waals surface area (Å²) in [5.74, 6) is 2.22. The van der Waals surface area contributed by atoms with Crippen molar-refractivity contribution in [3.05, 3.63) is 47.9 Å². The molecule has 0 unspecified atom stereocenters. The van der Waals surface area contributed by atoms with Gasteiger partial charge in [0.05, 0.1) is 29.6 Å². The molecule has 27 heavy (non-hydrogen) atoms. The minimum absolute atomic E-state index is 0.468. The average molecular weight is 361 g/mol. The molecule has 1 aromatic carbocycles. The second-order valence-corrected chi connectivity index (χ2v) is 7.14. The Morgan fingerprint density at radius 2 is 2.00 bits per heavy atom. The van der Waals surface area contributed by atoms with Crippen LogP contribution in [0.3, 0.4) is 0 Å². The van der Waals surface area contributed by atoms with Gasteiger partial charge in [0, 0.05) is 24.2 Å². The van der Waals surface area contributed by atoms with Gasteiger partial charge in [-0.2, -0.15) is 10.2 Å². The first kappa shape index (κ1) is 16.0. The summed E-state index contributed by atoms with van der Waals surface area (Å²) in [6, 6.07) is 8.04. The van der Waals surface area contributed by atoms with Crippen LogP contribution in [0, 0.1) is 0 Å². The Bertz CT molecular complexity index is 1130. The summed E-state index contributed by atoms with van der Waals surface area (Å²) < 4.78 is 6.00. The van der Waals surface area contributed by atoms with Crippen LogP contribution in [0.1, 0.15) is 25.1 Å². The molecule has 3 aromatic heterocycles. The van der Waals surface area contributed by atoms with E-state index in [1.54, 1.807) is 12.4 Å². The van der Waals surface area contributed by atoms with E-state index in [4.69, 9.17) is 14.7 Å². The highest BCUT2D eigenvalue weighted by atomic mass is 16.5. The van der Waals surface area contributed by atoms with Crippen LogP contribution in [0.5, 0.6) is 0 Å². The van der Waals surface area contributed by atoms with Gasteiger partial charge in [-0.05, 0) is 26.0 Å². The molecule has 4 heterocycles. The number of hydrogen-bond donors (Lipinski definition) is 2. The predicted molar refractivity (Wildman–Crippen MR) is 102 cm³/mol. The number of anilines is 2. The normalized spacial score (nSPS) is 15.2. The van der Waals surface area contributed by atoms with Gasteiger partial charge in [-0.1, -0.05) is 12.1 Å². The number of aromatic amines is 2. The van der Waals surface area contributed by atoms with Gasteiger partial charge in [-0.25, -0.2) is 9.97 Å². The average Bonchev–Trinajstić information content (AvgIpc) is 3.40. The fraction of sp³-hybridized carbons (Fsp3) is 0.263. The molecule has 0 saturated carbocycles. The van der Waals surface area contributed by atoms with Crippen LogP contribution in [-0.2, 0) is 16.9 Å². The Kier molecular flexibility index (Phi) is 3.32. The van der Waals surface area contributed by atoms with E-state index in [2.05, 4.69) is 20.4 Å². The van der Waals surface area contributed by atoms with E-state index >= 15 is 0 Å². The topological polar surface area (TPSA) is 95.6 Å². The fourth-order valence-corrected chi connectivity index (χ4v) is 3.51. The molecule has 8 nitrogen and oxygen atoms in total. The van der Waals surface area contributed by atoms with Crippen molar-refractivity contribution in [2.45, 2.75) is 26.1 Å². The number of hydrogen-bond acceptors (Lipinski definition) is 6. The van der Waals surface area contributed by atoms with E-state index in [1.165, 1.54) is 0 Å². The number of ether oxygens (including phenoxy) is 1. The van der Waals surface area contributed by atoms with Crippen molar-refractivity contribution in [1.29, 1.82) is 0 Å². The molecule has 0 spiro atoms. The molecule has 8 heteroatoms. The standard InChI is InChI=1S/C19H19N7O/c1-19(2)15-13(10-27-19)17(23-16(22-15)11-8-20-21-9-11)26(3)18-12-6-4-5-7-14(12)24-25-18/h4-9H,10H2,1-3H3,(H,20,21)(H,24,25). The molecule has 4 aromatic rings. The van der Waals surface area contributed by atoms with Gasteiger partial charge in [0.1, 0.15) is 11.4 Å². The molecule has 2 N–H and O–H groups in total. The summed E-state index contributed by atoms with van der Waals surface area (Å²) in [5, 5.41) is 15.5. The van der Waals surface area contributed by atoms with E-state index < -0.39 is 5.60 Å². The van der Waals surface area contributed by atoms with Crippen molar-refractivity contribution in [3.8, 4) is 11.4 Å². The molecule has 1 aliphatic rings. The van der Waals surface area contributed by atoms with E-state index in [1.807, 2.05) is 50.1 Å². The largest absolute Gasteiger partial charge is 0.364 e. The highest BCUT2D eigenvalue weighted by Gasteiger charge is 2.37. The maximum Gasteiger partial charge on any atom is 0.165 e. The maximum atomic E-state index is 6.00. The first-order chi connectivity index (χ1) is 13.0. The molecule has 0 radical (unpaired) electrons. The number of benzene rings is 1. The number of nitrogens with zero attached hydrogens (tertiary/aromatic N) is 5. The lowest BCUT2D eigenvalue weighted by atomic mass is 10.0. The lowest BCUT2D eigenvalue weighted by Crippen LogP contribution is -2.19. The monoisotopic (exact) mass is 361 g/mol. The molecule has 136 valence electrons. The SMILES string of the molecule is CN(c1nc(-c2cn[nH]c2)nc2c1COC2(C)C)c1n[nH]c2ccccc12. The van der Waals surface area contributed by atoms with Crippen LogP contribution in [0.4, 0.5) is 11.6 Å². The number of rotatable bonds is 3. The van der Waals surface area contributed by atoms with Crippen molar-refractivity contribution >= 4 is 22.5 Å². The molecule has 0 atom stereocenters. The Morgan fingerprint density at radius 1 is 1.15 bits per heavy atom. The zero-order valence-corrected chi connectivity index (χ0v) is 15.3. The van der Waals surface area contributed by atoms with Gasteiger partial charge in [0.15, 0.2) is 11.6 Å². The summed E-state index contributed by atoms with van der Waals surface area (Å²) in [4.78, 5) is 11.6. The van der Waals surface area contributed by atoms with Crippen LogP contribution in [0.25, 0.3) is 22.3 Å². The molecule has 0 amide bonds. The van der Waals surface area contributed by atoms with Crippen LogP contribution < -0.4 is 4.90 Å². The van der Waals surface area contributed by atoms with Crippen LogP contribution in [-0.4, -0.2) is 37.4 Å². The van der Waals surface area contributed by atoms with Crippen molar-refractivity contribution in [2.24, 2.45) is 0 Å². The van der Waals surface area contributed by atoms with Gasteiger partial charge in [0.25, 0.3) is 0 Å². The number of fused-ring (bicyclic) bond motifs is 2. The molecule has 0 aliphatic carbocycles. The zero-order valence-electron chi connectivity index (χ0n) is 15.3. The van der Waals surface area contributed by atoms with Crippen molar-refractivity contribution in [3.63, 3.8) is 0 Å². The molecule has 0 bridgehead atoms. The van der Waals surface area contributed by atoms with Gasteiger partial charge in [0.2, 0.25) is 0 Å². The summed E-state index contributed by atoms with van der Waals surface area (Å²) in [6.45, 7) is 4.52. The molecular formula is C19H19N7O. The van der Waals surface area contributed by atoms with E-state index in [0.717, 1.165) is 39.4 Å². The number of H-pyrrole nitrogens is 2. The van der Waals surface area contributed by atoms with Gasteiger partial charge in [-0.3, -0.25) is 10.2 Å². The highest BCUT2D eigenvalue weighted by molar-refractivity contribution is 5.92. The number of aromatic nitrogens is 6. The Balaban J connectivity index is 1.72. The third-order valence-electron chi connectivity index (χ3n) is 4.97. The third kappa shape index (κ3) is 2.41. The van der Waals surface area contributed by atoms with Crippen molar-refractivity contribution in [1.82, 2.24) is 30.4 Å². The van der Waals surface area contributed by atoms with Crippen molar-refractivity contribution < 1.29 is 4.74 Å². The third-order valence-corrected chi connectivity index (χ3v) is 4.97. The molecular weight excluding hydrogens is 342 g/mol. The quantitative estimate of drug-likeness (QED) is 0.581. The zero-order chi connectivity index (χ0) is 18.6. The Labute approximate surface area is 155 Å². The molecule has 5 rings (SSSR count). The van der Waals surface area contributed by atoms with Crippen LogP contribution in [0.15, 0.2) is 36.7 Å². The second-order valence-electron chi connectivity index (χ2n) is 7.14. The summed E-state index contributed by atoms with van der Waals surface area (Å²) in [7, 11) is 1.97. The lowest BCUT2D eigenvalue weighted by molar-refractivity contribution is -0.00997. The Hall–Kier alpha value is -3.26. The number of para-hydroxylation sites is 1. The van der Waals surface area contributed by atoms with Gasteiger partial charge in [-0.15, -0.1) is 0 Å². The first-order valence-electron chi connectivity index (χ1n) is 8.76. The fourth-order valence-electron chi connectivity index (χ4n) is 3.51. The minimum Gasteiger partial charge on any atom is -0.364 e. The predicted octanol–water partition coefficient (Wildman–Crippen LogP) is 3.28.